The van der Waals surface area contributed by atoms with Crippen molar-refractivity contribution in [3.05, 3.63) is 35.9 Å². The highest BCUT2D eigenvalue weighted by atomic mass is 35.5. The van der Waals surface area contributed by atoms with E-state index in [0.717, 1.165) is 11.3 Å². The van der Waals surface area contributed by atoms with Crippen LogP contribution in [0.1, 0.15) is 25.8 Å². The number of rotatable bonds is 7. The summed E-state index contributed by atoms with van der Waals surface area (Å²) in [7, 11) is 1.61. The lowest BCUT2D eigenvalue weighted by atomic mass is 9.95. The summed E-state index contributed by atoms with van der Waals surface area (Å²) in [5.74, 6) is -1.27. The fraction of sp³-hybridized carbons (Fsp3) is 0.524. The predicted octanol–water partition coefficient (Wildman–Crippen LogP) is 0.524. The predicted molar refractivity (Wildman–Crippen MR) is 118 cm³/mol. The molecule has 10 heteroatoms. The van der Waals surface area contributed by atoms with Crippen molar-refractivity contribution in [3.8, 4) is 0 Å². The van der Waals surface area contributed by atoms with Crippen molar-refractivity contribution < 1.29 is 19.1 Å². The summed E-state index contributed by atoms with van der Waals surface area (Å²) < 4.78 is 5.73. The number of ether oxygens (including phenoxy) is 1. The normalized spacial score (nSPS) is 19.3. The molecule has 1 fully saturated rings. The van der Waals surface area contributed by atoms with E-state index in [-0.39, 0.29) is 37.4 Å². The van der Waals surface area contributed by atoms with Crippen LogP contribution in [-0.4, -0.2) is 71.7 Å². The number of fused-ring (bicyclic) bond motifs is 1. The van der Waals surface area contributed by atoms with Crippen LogP contribution < -0.4 is 11.1 Å². The van der Waals surface area contributed by atoms with E-state index in [2.05, 4.69) is 10.4 Å². The molecule has 0 bridgehead atoms. The molecule has 1 unspecified atom stereocenters. The van der Waals surface area contributed by atoms with Gasteiger partial charge in [-0.3, -0.25) is 14.4 Å². The number of halogens is 1. The summed E-state index contributed by atoms with van der Waals surface area (Å²) >= 11 is 0. The number of hydrazone groups is 1. The van der Waals surface area contributed by atoms with Gasteiger partial charge >= 0.3 is 0 Å². The standard InChI is InChI=1S/C21H29N5O4.ClH/c1-21(2,22)20(29)23-17(13-30-12-14-7-5-4-6-8-14)19(28)26-10-9-16-15(11-26)18(27)25(3)24-16;/h4-8,15,17H,9-13,22H2,1-3H3,(H,23,29);1H/t15?,17-;/m1./s1. The summed E-state index contributed by atoms with van der Waals surface area (Å²) in [6, 6.07) is 8.68. The average molecular weight is 452 g/mol. The molecule has 2 heterocycles. The monoisotopic (exact) mass is 451 g/mol. The van der Waals surface area contributed by atoms with Crippen LogP contribution in [0.4, 0.5) is 0 Å². The van der Waals surface area contributed by atoms with Gasteiger partial charge in [0.15, 0.2) is 0 Å². The third-order valence-corrected chi connectivity index (χ3v) is 5.23. The topological polar surface area (TPSA) is 117 Å². The van der Waals surface area contributed by atoms with Gasteiger partial charge in [-0.05, 0) is 19.4 Å². The van der Waals surface area contributed by atoms with Crippen LogP contribution in [0, 0.1) is 5.92 Å². The lowest BCUT2D eigenvalue weighted by Crippen LogP contribution is -2.59. The van der Waals surface area contributed by atoms with E-state index in [0.29, 0.717) is 19.6 Å². The van der Waals surface area contributed by atoms with E-state index >= 15 is 0 Å². The number of nitrogens with one attached hydrogen (secondary N) is 1. The number of carbonyl (C=O) groups is 3. The van der Waals surface area contributed by atoms with E-state index < -0.39 is 23.4 Å². The molecule has 0 spiro atoms. The van der Waals surface area contributed by atoms with Crippen LogP contribution in [0.5, 0.6) is 0 Å². The van der Waals surface area contributed by atoms with Crippen molar-refractivity contribution in [1.29, 1.82) is 0 Å². The quantitative estimate of drug-likeness (QED) is 0.626. The smallest absolute Gasteiger partial charge is 0.253 e. The Balaban J connectivity index is 0.00000341. The third kappa shape index (κ3) is 6.03. The molecule has 2 aliphatic heterocycles. The minimum atomic E-state index is -1.14. The van der Waals surface area contributed by atoms with Gasteiger partial charge in [-0.25, -0.2) is 5.01 Å². The first-order chi connectivity index (χ1) is 14.2. The van der Waals surface area contributed by atoms with Gasteiger partial charge < -0.3 is 20.7 Å². The molecule has 170 valence electrons. The SMILES string of the molecule is CN1N=C2CCN(C(=O)[C@@H](COCc3ccccc3)NC(=O)C(C)(C)N)CC2C1=O.Cl. The van der Waals surface area contributed by atoms with Gasteiger partial charge in [0.25, 0.3) is 5.91 Å². The highest BCUT2D eigenvalue weighted by Crippen LogP contribution is 2.23. The molecule has 3 N–H and O–H groups in total. The number of nitrogens with zero attached hydrogens (tertiary/aromatic N) is 3. The fourth-order valence-electron chi connectivity index (χ4n) is 3.46. The van der Waals surface area contributed by atoms with Gasteiger partial charge in [0.2, 0.25) is 11.8 Å². The van der Waals surface area contributed by atoms with Gasteiger partial charge in [0, 0.05) is 26.6 Å². The Morgan fingerprint density at radius 1 is 1.32 bits per heavy atom. The molecule has 1 saturated heterocycles. The molecule has 3 amide bonds. The van der Waals surface area contributed by atoms with E-state index in [9.17, 15) is 14.4 Å². The summed E-state index contributed by atoms with van der Waals surface area (Å²) in [5, 5.41) is 8.29. The lowest BCUT2D eigenvalue weighted by Gasteiger charge is -2.33. The number of piperidine rings is 1. The van der Waals surface area contributed by atoms with Crippen molar-refractivity contribution in [2.45, 2.75) is 38.5 Å². The van der Waals surface area contributed by atoms with Crippen molar-refractivity contribution in [1.82, 2.24) is 15.2 Å². The van der Waals surface area contributed by atoms with Crippen molar-refractivity contribution in [3.63, 3.8) is 0 Å². The van der Waals surface area contributed by atoms with Crippen LogP contribution in [0.2, 0.25) is 0 Å². The van der Waals surface area contributed by atoms with Crippen LogP contribution in [0.25, 0.3) is 0 Å². The van der Waals surface area contributed by atoms with Crippen LogP contribution in [0.15, 0.2) is 35.4 Å². The Labute approximate surface area is 188 Å². The Bertz CT molecular complexity index is 840. The molecule has 0 aliphatic carbocycles. The highest BCUT2D eigenvalue weighted by Gasteiger charge is 2.41. The molecule has 1 aromatic carbocycles. The first-order valence-electron chi connectivity index (χ1n) is 10.0. The van der Waals surface area contributed by atoms with E-state index in [4.69, 9.17) is 10.5 Å². The van der Waals surface area contributed by atoms with Gasteiger partial charge in [0.05, 0.1) is 30.4 Å². The largest absolute Gasteiger partial charge is 0.374 e. The zero-order chi connectivity index (χ0) is 21.9. The number of likely N-dealkylation sites (tertiary alicyclic amines) is 1. The molecule has 1 aromatic rings. The summed E-state index contributed by atoms with van der Waals surface area (Å²) in [4.78, 5) is 39.5. The molecule has 3 rings (SSSR count). The second-order valence-electron chi connectivity index (χ2n) is 8.29. The van der Waals surface area contributed by atoms with Gasteiger partial charge in [-0.15, -0.1) is 12.4 Å². The van der Waals surface area contributed by atoms with Gasteiger partial charge in [0.1, 0.15) is 6.04 Å². The maximum absolute atomic E-state index is 13.2. The Morgan fingerprint density at radius 2 is 2.00 bits per heavy atom. The molecule has 0 radical (unpaired) electrons. The number of amides is 3. The second-order valence-corrected chi connectivity index (χ2v) is 8.29. The first-order valence-corrected chi connectivity index (χ1v) is 10.0. The van der Waals surface area contributed by atoms with Crippen molar-refractivity contribution >= 4 is 35.8 Å². The number of hydrogen-bond acceptors (Lipinski definition) is 6. The van der Waals surface area contributed by atoms with E-state index in [1.807, 2.05) is 30.3 Å². The Kier molecular flexibility index (Phi) is 8.16. The minimum Gasteiger partial charge on any atom is -0.374 e. The lowest BCUT2D eigenvalue weighted by molar-refractivity contribution is -0.141. The van der Waals surface area contributed by atoms with Gasteiger partial charge in [-0.2, -0.15) is 5.10 Å². The van der Waals surface area contributed by atoms with Crippen LogP contribution >= 0.6 is 12.4 Å². The molecule has 0 saturated carbocycles. The minimum absolute atomic E-state index is 0. The fourth-order valence-corrected chi connectivity index (χ4v) is 3.46. The maximum atomic E-state index is 13.2. The summed E-state index contributed by atoms with van der Waals surface area (Å²) in [6.45, 7) is 4.15. The zero-order valence-corrected chi connectivity index (χ0v) is 18.9. The maximum Gasteiger partial charge on any atom is 0.253 e. The zero-order valence-electron chi connectivity index (χ0n) is 18.0. The van der Waals surface area contributed by atoms with E-state index in [1.165, 1.54) is 5.01 Å². The van der Waals surface area contributed by atoms with Crippen molar-refractivity contribution in [2.24, 2.45) is 16.8 Å². The second kappa shape index (κ2) is 10.2. The highest BCUT2D eigenvalue weighted by molar-refractivity contribution is 6.09. The van der Waals surface area contributed by atoms with E-state index in [1.54, 1.807) is 25.8 Å². The Hall–Kier alpha value is -2.49. The van der Waals surface area contributed by atoms with Crippen LogP contribution in [-0.2, 0) is 25.7 Å². The molecule has 2 atom stereocenters. The van der Waals surface area contributed by atoms with Crippen molar-refractivity contribution in [2.75, 3.05) is 26.7 Å². The van der Waals surface area contributed by atoms with Gasteiger partial charge in [-0.1, -0.05) is 30.3 Å². The molecule has 31 heavy (non-hydrogen) atoms. The van der Waals surface area contributed by atoms with Crippen LogP contribution in [0.3, 0.4) is 0 Å². The third-order valence-electron chi connectivity index (χ3n) is 5.23. The molecule has 0 aromatic heterocycles. The molecular formula is C21H30ClN5O4. The number of carbonyl (C=O) groups excluding carboxylic acids is 3. The molecule has 9 nitrogen and oxygen atoms in total. The number of hydrogen-bond donors (Lipinski definition) is 2. The molecular weight excluding hydrogens is 422 g/mol. The first kappa shape index (κ1) is 24.8. The average Bonchev–Trinajstić information content (AvgIpc) is 3.00. The summed E-state index contributed by atoms with van der Waals surface area (Å²) in [5.41, 5.74) is 6.52. The molecule has 2 aliphatic rings. The summed E-state index contributed by atoms with van der Waals surface area (Å²) in [6.07, 6.45) is 0.528. The number of benzene rings is 1. The number of nitrogens with two attached hydrogens (primary N) is 1. The Morgan fingerprint density at radius 3 is 2.65 bits per heavy atom.